The second-order valence-electron chi connectivity index (χ2n) is 5.58. The number of hydrogen-bond donors (Lipinski definition) is 0. The highest BCUT2D eigenvalue weighted by atomic mass is 32.2. The fourth-order valence-electron chi connectivity index (χ4n) is 3.10. The molecule has 0 amide bonds. The van der Waals surface area contributed by atoms with Crippen LogP contribution in [0.1, 0.15) is 40.5 Å². The molecule has 3 heteroatoms. The van der Waals surface area contributed by atoms with Crippen molar-refractivity contribution in [3.63, 3.8) is 0 Å². The van der Waals surface area contributed by atoms with Gasteiger partial charge in [-0.25, -0.2) is 0 Å². The summed E-state index contributed by atoms with van der Waals surface area (Å²) in [6, 6.07) is 0. The molecule has 0 radical (unpaired) electrons. The third kappa shape index (κ3) is 1.35. The normalized spacial score (nSPS) is 39.6. The molecule has 3 atom stereocenters. The number of carbonyl (C=O) groups is 1. The molecule has 2 rings (SSSR count). The monoisotopic (exact) mass is 228 g/mol. The van der Waals surface area contributed by atoms with Gasteiger partial charge in [0.05, 0.1) is 10.7 Å². The minimum atomic E-state index is -0.224. The van der Waals surface area contributed by atoms with Gasteiger partial charge in [-0.3, -0.25) is 4.79 Å². The summed E-state index contributed by atoms with van der Waals surface area (Å²) in [5.41, 5.74) is -0.208. The van der Waals surface area contributed by atoms with Gasteiger partial charge < -0.3 is 4.74 Å². The van der Waals surface area contributed by atoms with Crippen molar-refractivity contribution in [1.29, 1.82) is 0 Å². The van der Waals surface area contributed by atoms with Crippen LogP contribution >= 0.6 is 11.8 Å². The van der Waals surface area contributed by atoms with Gasteiger partial charge in [-0.1, -0.05) is 27.7 Å². The summed E-state index contributed by atoms with van der Waals surface area (Å²) in [6.07, 6.45) is 2.25. The molecule has 15 heavy (non-hydrogen) atoms. The predicted molar refractivity (Wildman–Crippen MR) is 62.9 cm³/mol. The van der Waals surface area contributed by atoms with Crippen molar-refractivity contribution in [3.05, 3.63) is 0 Å². The Labute approximate surface area is 96.1 Å². The summed E-state index contributed by atoms with van der Waals surface area (Å²) in [5.74, 6) is 1.12. The Balaban J connectivity index is 2.37. The molecular formula is C12H20O2S. The van der Waals surface area contributed by atoms with Gasteiger partial charge in [-0.05, 0) is 24.0 Å². The van der Waals surface area contributed by atoms with E-state index in [4.69, 9.17) is 4.74 Å². The molecule has 0 aromatic heterocycles. The van der Waals surface area contributed by atoms with Crippen molar-refractivity contribution in [2.45, 2.75) is 51.9 Å². The van der Waals surface area contributed by atoms with Crippen LogP contribution in [-0.2, 0) is 9.53 Å². The molecule has 1 aliphatic heterocycles. The summed E-state index contributed by atoms with van der Waals surface area (Å²) in [6.45, 7) is 8.67. The third-order valence-electron chi connectivity index (χ3n) is 3.95. The van der Waals surface area contributed by atoms with Crippen molar-refractivity contribution >= 4 is 17.7 Å². The van der Waals surface area contributed by atoms with Crippen LogP contribution in [0.4, 0.5) is 0 Å². The van der Waals surface area contributed by atoms with E-state index in [9.17, 15) is 4.79 Å². The largest absolute Gasteiger partial charge is 0.461 e. The van der Waals surface area contributed by atoms with Crippen molar-refractivity contribution in [3.8, 4) is 0 Å². The van der Waals surface area contributed by atoms with Gasteiger partial charge in [0.2, 0.25) is 0 Å². The van der Waals surface area contributed by atoms with Gasteiger partial charge in [0, 0.05) is 0 Å². The molecule has 3 unspecified atom stereocenters. The summed E-state index contributed by atoms with van der Waals surface area (Å²) < 4.78 is 5.50. The maximum absolute atomic E-state index is 12.1. The van der Waals surface area contributed by atoms with E-state index in [0.717, 1.165) is 18.6 Å². The molecule has 0 aromatic rings. The zero-order chi connectivity index (χ0) is 11.3. The molecule has 1 aliphatic carbocycles. The first-order chi connectivity index (χ1) is 6.93. The lowest BCUT2D eigenvalue weighted by atomic mass is 9.65. The fraction of sp³-hybridized carbons (Fsp3) is 0.917. The number of carbonyl (C=O) groups excluding carboxylic acids is 1. The molecule has 1 saturated heterocycles. The molecule has 86 valence electrons. The standard InChI is InChI=1S/C12H20O2S/c1-5-15-9-8-6-7-12(9,10(13)14-8)11(2,3)4/h8-9H,5-7H2,1-4H3. The van der Waals surface area contributed by atoms with Crippen molar-refractivity contribution in [2.24, 2.45) is 10.8 Å². The molecule has 1 saturated carbocycles. The van der Waals surface area contributed by atoms with E-state index in [1.165, 1.54) is 0 Å². The smallest absolute Gasteiger partial charge is 0.314 e. The summed E-state index contributed by atoms with van der Waals surface area (Å²) >= 11 is 1.90. The lowest BCUT2D eigenvalue weighted by Gasteiger charge is -2.39. The van der Waals surface area contributed by atoms with Crippen molar-refractivity contribution in [2.75, 3.05) is 5.75 Å². The van der Waals surface area contributed by atoms with Crippen LogP contribution in [0.3, 0.4) is 0 Å². The lowest BCUT2D eigenvalue weighted by Crippen LogP contribution is -2.44. The minimum Gasteiger partial charge on any atom is -0.461 e. The van der Waals surface area contributed by atoms with Gasteiger partial charge in [0.15, 0.2) is 0 Å². The molecule has 2 fully saturated rings. The van der Waals surface area contributed by atoms with Gasteiger partial charge >= 0.3 is 5.97 Å². The second kappa shape index (κ2) is 3.41. The molecule has 1 heterocycles. The van der Waals surface area contributed by atoms with Crippen LogP contribution < -0.4 is 0 Å². The first kappa shape index (κ1) is 11.3. The Kier molecular flexibility index (Phi) is 2.57. The van der Waals surface area contributed by atoms with Crippen molar-refractivity contribution < 1.29 is 9.53 Å². The van der Waals surface area contributed by atoms with Gasteiger partial charge in [0.1, 0.15) is 6.10 Å². The first-order valence-electron chi connectivity index (χ1n) is 5.76. The Bertz CT molecular complexity index is 282. The van der Waals surface area contributed by atoms with Crippen LogP contribution in [0, 0.1) is 10.8 Å². The highest BCUT2D eigenvalue weighted by Crippen LogP contribution is 2.61. The van der Waals surface area contributed by atoms with E-state index in [0.29, 0.717) is 5.25 Å². The molecule has 2 aliphatic rings. The maximum Gasteiger partial charge on any atom is 0.314 e. The Morgan fingerprint density at radius 3 is 2.67 bits per heavy atom. The number of hydrogen-bond acceptors (Lipinski definition) is 3. The van der Waals surface area contributed by atoms with Crippen LogP contribution in [0.5, 0.6) is 0 Å². The van der Waals surface area contributed by atoms with Crippen LogP contribution in [-0.4, -0.2) is 23.1 Å². The van der Waals surface area contributed by atoms with E-state index in [1.54, 1.807) is 0 Å². The van der Waals surface area contributed by atoms with E-state index < -0.39 is 0 Å². The Morgan fingerprint density at radius 1 is 1.53 bits per heavy atom. The average molecular weight is 228 g/mol. The predicted octanol–water partition coefficient (Wildman–Crippen LogP) is 2.86. The zero-order valence-corrected chi connectivity index (χ0v) is 10.8. The minimum absolute atomic E-state index is 0.0160. The van der Waals surface area contributed by atoms with Gasteiger partial charge in [-0.2, -0.15) is 11.8 Å². The quantitative estimate of drug-likeness (QED) is 0.680. The number of ether oxygens (including phenoxy) is 1. The SMILES string of the molecule is CCSC1C2CCC1(C(C)(C)C)C(=O)O2. The van der Waals surface area contributed by atoms with E-state index in [1.807, 2.05) is 11.8 Å². The number of thioether (sulfide) groups is 1. The molecule has 0 spiro atoms. The van der Waals surface area contributed by atoms with Crippen LogP contribution in [0.2, 0.25) is 0 Å². The molecule has 0 aromatic carbocycles. The zero-order valence-electron chi connectivity index (χ0n) is 10.0. The summed E-state index contributed by atoms with van der Waals surface area (Å²) in [5, 5.41) is 0.384. The Hall–Kier alpha value is -0.180. The average Bonchev–Trinajstić information content (AvgIpc) is 2.58. The molecule has 2 nitrogen and oxygen atoms in total. The summed E-state index contributed by atoms with van der Waals surface area (Å²) in [4.78, 5) is 12.1. The number of rotatable bonds is 2. The molecule has 2 bridgehead atoms. The highest BCUT2D eigenvalue weighted by Gasteiger charge is 2.66. The number of fused-ring (bicyclic) bond motifs is 2. The molecular weight excluding hydrogens is 208 g/mol. The second-order valence-corrected chi connectivity index (χ2v) is 7.00. The Morgan fingerprint density at radius 2 is 2.20 bits per heavy atom. The fourth-order valence-corrected chi connectivity index (χ4v) is 4.72. The van der Waals surface area contributed by atoms with Crippen LogP contribution in [0.15, 0.2) is 0 Å². The number of esters is 1. The van der Waals surface area contributed by atoms with Crippen LogP contribution in [0.25, 0.3) is 0 Å². The van der Waals surface area contributed by atoms with E-state index in [-0.39, 0.29) is 22.9 Å². The first-order valence-corrected chi connectivity index (χ1v) is 6.81. The topological polar surface area (TPSA) is 26.3 Å². The van der Waals surface area contributed by atoms with Gasteiger partial charge in [0.25, 0.3) is 0 Å². The molecule has 0 N–H and O–H groups in total. The van der Waals surface area contributed by atoms with E-state index >= 15 is 0 Å². The van der Waals surface area contributed by atoms with Crippen molar-refractivity contribution in [1.82, 2.24) is 0 Å². The lowest BCUT2D eigenvalue weighted by molar-refractivity contribution is -0.158. The van der Waals surface area contributed by atoms with Gasteiger partial charge in [-0.15, -0.1) is 0 Å². The highest BCUT2D eigenvalue weighted by molar-refractivity contribution is 8.00. The third-order valence-corrected chi connectivity index (χ3v) is 5.35. The maximum atomic E-state index is 12.1. The van der Waals surface area contributed by atoms with E-state index in [2.05, 4.69) is 27.7 Å². The summed E-state index contributed by atoms with van der Waals surface area (Å²) in [7, 11) is 0.